The van der Waals surface area contributed by atoms with E-state index in [9.17, 15) is 0 Å². The number of aromatic nitrogens is 2. The van der Waals surface area contributed by atoms with Gasteiger partial charge in [-0.25, -0.2) is 0 Å². The largest absolute Gasteiger partial charge is 0.398 e. The van der Waals surface area contributed by atoms with Crippen LogP contribution in [0, 0.1) is 6.92 Å². The summed E-state index contributed by atoms with van der Waals surface area (Å²) in [5.41, 5.74) is 8.99. The van der Waals surface area contributed by atoms with E-state index < -0.39 is 0 Å². The van der Waals surface area contributed by atoms with Crippen LogP contribution in [0.2, 0.25) is 5.02 Å². The van der Waals surface area contributed by atoms with Crippen molar-refractivity contribution in [1.29, 1.82) is 0 Å². The Morgan fingerprint density at radius 1 is 1.15 bits per heavy atom. The molecule has 0 aliphatic rings. The van der Waals surface area contributed by atoms with Crippen molar-refractivity contribution in [2.24, 2.45) is 0 Å². The Kier molecular flexibility index (Phi) is 3.16. The van der Waals surface area contributed by atoms with Crippen LogP contribution in [-0.4, -0.2) is 10.1 Å². The monoisotopic (exact) mass is 285 g/mol. The summed E-state index contributed by atoms with van der Waals surface area (Å²) in [6, 6.07) is 13.1. The summed E-state index contributed by atoms with van der Waals surface area (Å²) >= 11 is 6.00. The average Bonchev–Trinajstić information content (AvgIpc) is 2.92. The topological polar surface area (TPSA) is 64.9 Å². The third kappa shape index (κ3) is 2.26. The Balaban J connectivity index is 2.02. The van der Waals surface area contributed by atoms with Crippen molar-refractivity contribution in [3.05, 3.63) is 53.1 Å². The minimum absolute atomic E-state index is 0.421. The zero-order valence-electron chi connectivity index (χ0n) is 10.8. The molecule has 20 heavy (non-hydrogen) atoms. The summed E-state index contributed by atoms with van der Waals surface area (Å²) < 4.78 is 5.29. The fraction of sp³-hybridized carbons (Fsp3) is 0.0667. The highest BCUT2D eigenvalue weighted by atomic mass is 35.5. The Hall–Kier alpha value is -2.33. The van der Waals surface area contributed by atoms with E-state index >= 15 is 0 Å². The van der Waals surface area contributed by atoms with E-state index in [1.165, 1.54) is 0 Å². The third-order valence-electron chi connectivity index (χ3n) is 3.06. The van der Waals surface area contributed by atoms with Crippen molar-refractivity contribution in [1.82, 2.24) is 10.1 Å². The highest BCUT2D eigenvalue weighted by Crippen LogP contribution is 2.28. The van der Waals surface area contributed by atoms with E-state index in [0.717, 1.165) is 16.7 Å². The molecular formula is C15H12ClN3O. The molecule has 0 unspecified atom stereocenters. The zero-order chi connectivity index (χ0) is 14.1. The molecule has 0 saturated carbocycles. The molecular weight excluding hydrogens is 274 g/mol. The highest BCUT2D eigenvalue weighted by molar-refractivity contribution is 6.33. The lowest BCUT2D eigenvalue weighted by molar-refractivity contribution is 0.432. The fourth-order valence-electron chi connectivity index (χ4n) is 1.93. The van der Waals surface area contributed by atoms with Crippen molar-refractivity contribution >= 4 is 17.3 Å². The van der Waals surface area contributed by atoms with Crippen molar-refractivity contribution in [3.63, 3.8) is 0 Å². The number of hydrogen-bond acceptors (Lipinski definition) is 4. The third-order valence-corrected chi connectivity index (χ3v) is 3.39. The predicted octanol–water partition coefficient (Wildman–Crippen LogP) is 3.95. The summed E-state index contributed by atoms with van der Waals surface area (Å²) in [6.45, 7) is 2.01. The smallest absolute Gasteiger partial charge is 0.258 e. The molecule has 0 aliphatic heterocycles. The number of benzene rings is 2. The Bertz CT molecular complexity index is 767. The number of halogens is 1. The molecule has 2 aromatic carbocycles. The lowest BCUT2D eigenvalue weighted by Gasteiger charge is -1.99. The number of anilines is 1. The molecule has 2 N–H and O–H groups in total. The van der Waals surface area contributed by atoms with Gasteiger partial charge in [0.05, 0.1) is 10.7 Å². The molecule has 0 amide bonds. The first kappa shape index (κ1) is 12.7. The van der Waals surface area contributed by atoms with Gasteiger partial charge in [-0.3, -0.25) is 0 Å². The first-order chi connectivity index (χ1) is 9.65. The number of aryl methyl sites for hydroxylation is 1. The predicted molar refractivity (Wildman–Crippen MR) is 79.3 cm³/mol. The van der Waals surface area contributed by atoms with E-state index in [0.29, 0.717) is 22.4 Å². The first-order valence-corrected chi connectivity index (χ1v) is 6.48. The maximum absolute atomic E-state index is 6.00. The van der Waals surface area contributed by atoms with Gasteiger partial charge >= 0.3 is 0 Å². The van der Waals surface area contributed by atoms with Crippen LogP contribution in [-0.2, 0) is 0 Å². The van der Waals surface area contributed by atoms with Gasteiger partial charge in [0.15, 0.2) is 0 Å². The second kappa shape index (κ2) is 4.98. The van der Waals surface area contributed by atoms with E-state index in [1.807, 2.05) is 31.2 Å². The van der Waals surface area contributed by atoms with Crippen LogP contribution in [0.1, 0.15) is 5.56 Å². The zero-order valence-corrected chi connectivity index (χ0v) is 11.6. The lowest BCUT2D eigenvalue weighted by Crippen LogP contribution is -1.87. The van der Waals surface area contributed by atoms with Crippen molar-refractivity contribution in [2.75, 3.05) is 5.73 Å². The van der Waals surface area contributed by atoms with E-state index in [4.69, 9.17) is 21.9 Å². The summed E-state index contributed by atoms with van der Waals surface area (Å²) in [4.78, 5) is 4.41. The highest BCUT2D eigenvalue weighted by Gasteiger charge is 2.12. The average molecular weight is 286 g/mol. The van der Waals surface area contributed by atoms with Gasteiger partial charge in [0, 0.05) is 11.1 Å². The van der Waals surface area contributed by atoms with Gasteiger partial charge in [0.1, 0.15) is 0 Å². The number of nitrogens with zero attached hydrogens (tertiary/aromatic N) is 2. The molecule has 3 aromatic rings. The van der Waals surface area contributed by atoms with Gasteiger partial charge in [0.25, 0.3) is 5.89 Å². The molecule has 1 heterocycles. The molecule has 0 bridgehead atoms. The van der Waals surface area contributed by atoms with Crippen LogP contribution < -0.4 is 5.73 Å². The molecule has 0 aliphatic carbocycles. The van der Waals surface area contributed by atoms with Crippen LogP contribution >= 0.6 is 11.6 Å². The molecule has 0 spiro atoms. The summed E-state index contributed by atoms with van der Waals surface area (Å²) in [7, 11) is 0. The standard InChI is InChI=1S/C15H12ClN3O/c1-9-4-2-3-5-11(9)14-18-15(20-19-14)10-6-7-13(17)12(16)8-10/h2-8H,17H2,1H3. The van der Waals surface area contributed by atoms with Crippen LogP contribution in [0.25, 0.3) is 22.8 Å². The number of hydrogen-bond donors (Lipinski definition) is 1. The molecule has 0 saturated heterocycles. The number of rotatable bonds is 2. The Morgan fingerprint density at radius 3 is 2.70 bits per heavy atom. The molecule has 0 radical (unpaired) electrons. The van der Waals surface area contributed by atoms with Crippen LogP contribution in [0.15, 0.2) is 47.0 Å². The second-order valence-corrected chi connectivity index (χ2v) is 4.88. The SMILES string of the molecule is Cc1ccccc1-c1noc(-c2ccc(N)c(Cl)c2)n1. The van der Waals surface area contributed by atoms with Gasteiger partial charge in [-0.2, -0.15) is 4.98 Å². The molecule has 0 fully saturated rings. The van der Waals surface area contributed by atoms with Crippen LogP contribution in [0.5, 0.6) is 0 Å². The van der Waals surface area contributed by atoms with Crippen LogP contribution in [0.4, 0.5) is 5.69 Å². The molecule has 1 aromatic heterocycles. The maximum atomic E-state index is 6.00. The molecule has 4 nitrogen and oxygen atoms in total. The van der Waals surface area contributed by atoms with E-state index in [1.54, 1.807) is 18.2 Å². The fourth-order valence-corrected chi connectivity index (χ4v) is 2.11. The Labute approximate surface area is 121 Å². The molecule has 100 valence electrons. The summed E-state index contributed by atoms with van der Waals surface area (Å²) in [5.74, 6) is 0.983. The minimum atomic E-state index is 0.421. The maximum Gasteiger partial charge on any atom is 0.258 e. The van der Waals surface area contributed by atoms with Crippen LogP contribution in [0.3, 0.4) is 0 Å². The van der Waals surface area contributed by atoms with Crippen molar-refractivity contribution in [2.45, 2.75) is 6.92 Å². The first-order valence-electron chi connectivity index (χ1n) is 6.10. The molecule has 5 heteroatoms. The van der Waals surface area contributed by atoms with Crippen molar-refractivity contribution < 1.29 is 4.52 Å². The van der Waals surface area contributed by atoms with Gasteiger partial charge < -0.3 is 10.3 Å². The lowest BCUT2D eigenvalue weighted by atomic mass is 10.1. The second-order valence-electron chi connectivity index (χ2n) is 4.47. The van der Waals surface area contributed by atoms with Crippen molar-refractivity contribution in [3.8, 4) is 22.8 Å². The molecule has 3 rings (SSSR count). The normalized spacial score (nSPS) is 10.7. The van der Waals surface area contributed by atoms with E-state index in [-0.39, 0.29) is 0 Å². The van der Waals surface area contributed by atoms with Gasteiger partial charge in [-0.15, -0.1) is 0 Å². The quantitative estimate of drug-likeness (QED) is 0.724. The molecule has 0 atom stereocenters. The summed E-state index contributed by atoms with van der Waals surface area (Å²) in [5, 5.41) is 4.49. The van der Waals surface area contributed by atoms with Gasteiger partial charge in [-0.1, -0.05) is 41.0 Å². The Morgan fingerprint density at radius 2 is 1.95 bits per heavy atom. The van der Waals surface area contributed by atoms with E-state index in [2.05, 4.69) is 10.1 Å². The number of nitrogen functional groups attached to an aromatic ring is 1. The van der Waals surface area contributed by atoms with Gasteiger partial charge in [0.2, 0.25) is 5.82 Å². The minimum Gasteiger partial charge on any atom is -0.398 e. The number of nitrogens with two attached hydrogens (primary N) is 1. The summed E-state index contributed by atoms with van der Waals surface area (Å²) in [6.07, 6.45) is 0. The van der Waals surface area contributed by atoms with Gasteiger partial charge in [-0.05, 0) is 30.7 Å².